The summed E-state index contributed by atoms with van der Waals surface area (Å²) in [6.07, 6.45) is 7.87. The Balaban J connectivity index is 1.39. The second-order valence-electron chi connectivity index (χ2n) is 10.2. The topological polar surface area (TPSA) is 52.6 Å². The van der Waals surface area contributed by atoms with Gasteiger partial charge in [-0.05, 0) is 89.1 Å². The van der Waals surface area contributed by atoms with Crippen molar-refractivity contribution in [3.8, 4) is 33.4 Å². The fourth-order valence-electron chi connectivity index (χ4n) is 4.89. The van der Waals surface area contributed by atoms with Crippen LogP contribution in [-0.4, -0.2) is 25.2 Å². The predicted octanol–water partition coefficient (Wildman–Crippen LogP) is 8.79. The molecule has 214 valence electrons. The zero-order valence-electron chi connectivity index (χ0n) is 24.1. The number of benzene rings is 4. The molecule has 4 aromatic rings. The van der Waals surface area contributed by atoms with Gasteiger partial charge in [-0.15, -0.1) is 0 Å². The van der Waals surface area contributed by atoms with Gasteiger partial charge >= 0.3 is 11.9 Å². The first-order valence-electron chi connectivity index (χ1n) is 14.5. The van der Waals surface area contributed by atoms with E-state index in [0.29, 0.717) is 13.2 Å². The highest BCUT2D eigenvalue weighted by Crippen LogP contribution is 2.34. The van der Waals surface area contributed by atoms with Crippen molar-refractivity contribution in [3.05, 3.63) is 133 Å². The standard InChI is InChI=1S/C38H38O4/c1-3-37(39)41-26-9-7-12-29-18-22-31(23-19-29)33-14-11-15-34(28-33)36-17-6-5-16-35(36)32-24-20-30(21-25-32)13-8-10-27-42-38(40)4-2/h3-6,11,14-25,28H,1-2,7-10,12-13,26-27H2. The Kier molecular flexibility index (Phi) is 11.5. The van der Waals surface area contributed by atoms with E-state index in [-0.39, 0.29) is 11.9 Å². The molecule has 4 heteroatoms. The summed E-state index contributed by atoms with van der Waals surface area (Å²) in [6.45, 7) is 7.69. The van der Waals surface area contributed by atoms with Crippen LogP contribution in [0.2, 0.25) is 0 Å². The molecular weight excluding hydrogens is 520 g/mol. The largest absolute Gasteiger partial charge is 0.463 e. The van der Waals surface area contributed by atoms with Gasteiger partial charge in [-0.3, -0.25) is 0 Å². The second-order valence-corrected chi connectivity index (χ2v) is 10.2. The van der Waals surface area contributed by atoms with Gasteiger partial charge in [-0.1, -0.05) is 104 Å². The van der Waals surface area contributed by atoms with Gasteiger partial charge in [0.25, 0.3) is 0 Å². The summed E-state index contributed by atoms with van der Waals surface area (Å²) in [4.78, 5) is 22.3. The van der Waals surface area contributed by atoms with Crippen LogP contribution >= 0.6 is 0 Å². The number of hydrogen-bond acceptors (Lipinski definition) is 4. The lowest BCUT2D eigenvalue weighted by atomic mass is 9.92. The van der Waals surface area contributed by atoms with Crippen molar-refractivity contribution in [1.29, 1.82) is 0 Å². The van der Waals surface area contributed by atoms with Crippen LogP contribution in [0.1, 0.15) is 36.8 Å². The van der Waals surface area contributed by atoms with E-state index in [9.17, 15) is 9.59 Å². The summed E-state index contributed by atoms with van der Waals surface area (Å²) < 4.78 is 10.1. The number of aryl methyl sites for hydroxylation is 2. The monoisotopic (exact) mass is 558 g/mol. The highest BCUT2D eigenvalue weighted by Gasteiger charge is 2.09. The van der Waals surface area contributed by atoms with Crippen molar-refractivity contribution in [1.82, 2.24) is 0 Å². The molecule has 0 aromatic heterocycles. The molecule has 0 heterocycles. The molecule has 0 atom stereocenters. The molecule has 0 unspecified atom stereocenters. The number of carbonyl (C=O) groups excluding carboxylic acids is 2. The van der Waals surface area contributed by atoms with E-state index in [2.05, 4.69) is 110 Å². The zero-order valence-corrected chi connectivity index (χ0v) is 24.1. The van der Waals surface area contributed by atoms with Crippen LogP contribution in [-0.2, 0) is 31.9 Å². The molecule has 42 heavy (non-hydrogen) atoms. The van der Waals surface area contributed by atoms with Crippen molar-refractivity contribution >= 4 is 11.9 Å². The maximum atomic E-state index is 11.2. The molecule has 0 saturated heterocycles. The molecule has 0 fully saturated rings. The first kappa shape index (κ1) is 30.3. The average molecular weight is 559 g/mol. The summed E-state index contributed by atoms with van der Waals surface area (Å²) in [6, 6.07) is 34.7. The minimum atomic E-state index is -0.365. The van der Waals surface area contributed by atoms with Crippen molar-refractivity contribution < 1.29 is 19.1 Å². The van der Waals surface area contributed by atoms with E-state index < -0.39 is 0 Å². The molecule has 0 saturated carbocycles. The lowest BCUT2D eigenvalue weighted by molar-refractivity contribution is -0.138. The maximum Gasteiger partial charge on any atom is 0.330 e. The van der Waals surface area contributed by atoms with Gasteiger partial charge in [0.15, 0.2) is 0 Å². The van der Waals surface area contributed by atoms with E-state index in [1.54, 1.807) is 0 Å². The van der Waals surface area contributed by atoms with Crippen LogP contribution in [0.4, 0.5) is 0 Å². The van der Waals surface area contributed by atoms with Crippen LogP contribution in [0.25, 0.3) is 33.4 Å². The predicted molar refractivity (Wildman–Crippen MR) is 171 cm³/mol. The molecule has 0 bridgehead atoms. The van der Waals surface area contributed by atoms with E-state index in [1.165, 1.54) is 56.7 Å². The first-order chi connectivity index (χ1) is 20.6. The molecule has 4 aromatic carbocycles. The highest BCUT2D eigenvalue weighted by atomic mass is 16.5. The van der Waals surface area contributed by atoms with Gasteiger partial charge in [-0.2, -0.15) is 0 Å². The van der Waals surface area contributed by atoms with Gasteiger partial charge in [0.2, 0.25) is 0 Å². The van der Waals surface area contributed by atoms with Crippen molar-refractivity contribution in [2.24, 2.45) is 0 Å². The number of ether oxygens (including phenoxy) is 2. The normalized spacial score (nSPS) is 10.6. The van der Waals surface area contributed by atoms with Gasteiger partial charge in [0.1, 0.15) is 0 Å². The van der Waals surface area contributed by atoms with Gasteiger partial charge in [0, 0.05) is 12.2 Å². The number of rotatable bonds is 15. The lowest BCUT2D eigenvalue weighted by Gasteiger charge is -2.13. The van der Waals surface area contributed by atoms with Crippen LogP contribution < -0.4 is 0 Å². The van der Waals surface area contributed by atoms with E-state index in [0.717, 1.165) is 38.5 Å². The minimum absolute atomic E-state index is 0.365. The van der Waals surface area contributed by atoms with Crippen LogP contribution in [0.15, 0.2) is 122 Å². The molecule has 0 amide bonds. The molecule has 0 spiro atoms. The van der Waals surface area contributed by atoms with Crippen LogP contribution in [0.5, 0.6) is 0 Å². The molecule has 0 aliphatic carbocycles. The van der Waals surface area contributed by atoms with E-state index >= 15 is 0 Å². The van der Waals surface area contributed by atoms with Crippen molar-refractivity contribution in [2.45, 2.75) is 38.5 Å². The molecular formula is C38H38O4. The summed E-state index contributed by atoms with van der Waals surface area (Å²) in [5, 5.41) is 0. The first-order valence-corrected chi connectivity index (χ1v) is 14.5. The average Bonchev–Trinajstić information content (AvgIpc) is 3.05. The summed E-state index contributed by atoms with van der Waals surface area (Å²) in [7, 11) is 0. The van der Waals surface area contributed by atoms with Gasteiger partial charge < -0.3 is 9.47 Å². The molecule has 4 rings (SSSR count). The van der Waals surface area contributed by atoms with Crippen LogP contribution in [0.3, 0.4) is 0 Å². The fraction of sp³-hybridized carbons (Fsp3) is 0.211. The third kappa shape index (κ3) is 8.90. The summed E-state index contributed by atoms with van der Waals surface area (Å²) in [5.41, 5.74) is 9.67. The third-order valence-electron chi connectivity index (χ3n) is 7.19. The quantitative estimate of drug-likeness (QED) is 0.0831. The number of esters is 2. The Morgan fingerprint density at radius 1 is 0.524 bits per heavy atom. The Hall–Kier alpha value is -4.70. The van der Waals surface area contributed by atoms with Crippen molar-refractivity contribution in [3.63, 3.8) is 0 Å². The van der Waals surface area contributed by atoms with E-state index in [4.69, 9.17) is 9.47 Å². The molecule has 0 radical (unpaired) electrons. The van der Waals surface area contributed by atoms with Crippen LogP contribution in [0, 0.1) is 0 Å². The Labute approximate surface area is 249 Å². The van der Waals surface area contributed by atoms with E-state index in [1.807, 2.05) is 0 Å². The van der Waals surface area contributed by atoms with Gasteiger partial charge in [-0.25, -0.2) is 9.59 Å². The lowest BCUT2D eigenvalue weighted by Crippen LogP contribution is -2.02. The Bertz CT molecular complexity index is 1480. The number of carbonyl (C=O) groups is 2. The zero-order chi connectivity index (χ0) is 29.6. The second kappa shape index (κ2) is 15.9. The van der Waals surface area contributed by atoms with Gasteiger partial charge in [0.05, 0.1) is 13.2 Å². The Morgan fingerprint density at radius 2 is 1.00 bits per heavy atom. The highest BCUT2D eigenvalue weighted by molar-refractivity contribution is 5.85. The van der Waals surface area contributed by atoms with Crippen molar-refractivity contribution in [2.75, 3.05) is 13.2 Å². The molecule has 0 N–H and O–H groups in total. The molecule has 0 aliphatic rings. The SMILES string of the molecule is C=CC(=O)OCCCCc1ccc(-c2cccc(-c3ccccc3-c3ccc(CCCCOC(=O)C=C)cc3)c2)cc1. The molecule has 0 aliphatic heterocycles. The number of unbranched alkanes of at least 4 members (excludes halogenated alkanes) is 2. The smallest absolute Gasteiger partial charge is 0.330 e. The fourth-order valence-corrected chi connectivity index (χ4v) is 4.89. The molecule has 4 nitrogen and oxygen atoms in total. The Morgan fingerprint density at radius 3 is 1.52 bits per heavy atom. The third-order valence-corrected chi connectivity index (χ3v) is 7.19. The maximum absolute atomic E-state index is 11.2. The summed E-state index contributed by atoms with van der Waals surface area (Å²) in [5.74, 6) is -0.730. The summed E-state index contributed by atoms with van der Waals surface area (Å²) >= 11 is 0. The number of hydrogen-bond donors (Lipinski definition) is 0. The minimum Gasteiger partial charge on any atom is -0.463 e.